The highest BCUT2D eigenvalue weighted by Crippen LogP contribution is 2.35. The van der Waals surface area contributed by atoms with Crippen LogP contribution >= 0.6 is 0 Å². The maximum atomic E-state index is 13.4. The molecule has 0 saturated carbocycles. The third kappa shape index (κ3) is 4.29. The van der Waals surface area contributed by atoms with Gasteiger partial charge in [-0.3, -0.25) is 14.5 Å². The molecule has 0 atom stereocenters. The molecule has 1 aliphatic heterocycles. The van der Waals surface area contributed by atoms with Gasteiger partial charge in [0.1, 0.15) is 45.5 Å². The number of carbonyl (C=O) groups is 1. The summed E-state index contributed by atoms with van der Waals surface area (Å²) in [5.41, 5.74) is 1.73. The van der Waals surface area contributed by atoms with Crippen LogP contribution in [0.1, 0.15) is 10.5 Å². The Morgan fingerprint density at radius 1 is 1.21 bits per heavy atom. The van der Waals surface area contributed by atoms with Gasteiger partial charge in [0.05, 0.1) is 12.1 Å². The molecular formula is C22H21B2F3N4O3. The van der Waals surface area contributed by atoms with E-state index < -0.39 is 12.7 Å². The van der Waals surface area contributed by atoms with E-state index >= 15 is 0 Å². The third-order valence-corrected chi connectivity index (χ3v) is 5.82. The minimum absolute atomic E-state index is 0.0668. The number of furan rings is 1. The van der Waals surface area contributed by atoms with Gasteiger partial charge in [-0.05, 0) is 17.3 Å². The van der Waals surface area contributed by atoms with Gasteiger partial charge in [-0.15, -0.1) is 0 Å². The number of para-hydroxylation sites is 1. The number of hydrogen-bond donors (Lipinski definition) is 0. The summed E-state index contributed by atoms with van der Waals surface area (Å²) < 4.78 is 52.1. The molecule has 1 fully saturated rings. The number of pyridine rings is 1. The van der Waals surface area contributed by atoms with Crippen LogP contribution in [-0.2, 0) is 11.3 Å². The Morgan fingerprint density at radius 3 is 2.79 bits per heavy atom. The van der Waals surface area contributed by atoms with Crippen molar-refractivity contribution >= 4 is 43.5 Å². The van der Waals surface area contributed by atoms with Crippen molar-refractivity contribution in [3.63, 3.8) is 0 Å². The summed E-state index contributed by atoms with van der Waals surface area (Å²) in [6.07, 6.45) is -1.60. The Bertz CT molecular complexity index is 1380. The van der Waals surface area contributed by atoms with Crippen molar-refractivity contribution in [1.82, 2.24) is 19.7 Å². The summed E-state index contributed by atoms with van der Waals surface area (Å²) in [5, 5.41) is 5.16. The number of nitrogens with zero attached hydrogens (tertiary/aromatic N) is 4. The Balaban J connectivity index is 1.61. The molecule has 4 heterocycles. The van der Waals surface area contributed by atoms with Crippen LogP contribution in [0.4, 0.5) is 13.2 Å². The number of ether oxygens (including phenoxy) is 1. The van der Waals surface area contributed by atoms with Crippen molar-refractivity contribution in [2.75, 3.05) is 26.3 Å². The molecule has 12 heteroatoms. The van der Waals surface area contributed by atoms with Crippen LogP contribution in [0.25, 0.3) is 33.1 Å². The first-order chi connectivity index (χ1) is 16.1. The molecule has 0 aliphatic carbocycles. The van der Waals surface area contributed by atoms with E-state index in [0.717, 1.165) is 10.1 Å². The predicted octanol–water partition coefficient (Wildman–Crippen LogP) is 2.26. The van der Waals surface area contributed by atoms with E-state index in [1.54, 1.807) is 11.0 Å². The highest BCUT2D eigenvalue weighted by atomic mass is 19.4. The second kappa shape index (κ2) is 8.19. The van der Waals surface area contributed by atoms with Crippen molar-refractivity contribution in [1.29, 1.82) is 0 Å². The largest absolute Gasteiger partial charge is 0.464 e. The van der Waals surface area contributed by atoms with Gasteiger partial charge in [0.25, 0.3) is 5.91 Å². The van der Waals surface area contributed by atoms with Crippen molar-refractivity contribution in [2.24, 2.45) is 0 Å². The van der Waals surface area contributed by atoms with Crippen molar-refractivity contribution in [2.45, 2.75) is 17.9 Å². The van der Waals surface area contributed by atoms with Crippen LogP contribution in [0, 0.1) is 0 Å². The molecule has 5 rings (SSSR count). The SMILES string of the molecule is BC1(B)COCCN(C(=O)c2cc3c(cn2)c(-c2coc4ccccc24)nn3CC(F)(F)F)C1. The molecule has 0 spiro atoms. The topological polar surface area (TPSA) is 73.4 Å². The minimum atomic E-state index is -4.49. The fraction of sp³-hybridized carbons (Fsp3) is 0.318. The summed E-state index contributed by atoms with van der Waals surface area (Å²) in [4.78, 5) is 19.2. The first-order valence-electron chi connectivity index (χ1n) is 10.9. The average molecular weight is 468 g/mol. The second-order valence-corrected chi connectivity index (χ2v) is 9.30. The van der Waals surface area contributed by atoms with Crippen LogP contribution in [0.15, 0.2) is 47.2 Å². The second-order valence-electron chi connectivity index (χ2n) is 9.30. The molecule has 1 amide bonds. The maximum absolute atomic E-state index is 13.4. The molecule has 3 aromatic heterocycles. The van der Waals surface area contributed by atoms with Crippen LogP contribution in [0.5, 0.6) is 0 Å². The number of amides is 1. The van der Waals surface area contributed by atoms with Crippen LogP contribution in [-0.4, -0.2) is 73.7 Å². The molecule has 7 nitrogen and oxygen atoms in total. The lowest BCUT2D eigenvalue weighted by molar-refractivity contribution is -0.141. The van der Waals surface area contributed by atoms with E-state index in [9.17, 15) is 18.0 Å². The standard InChI is InChI=1S/C22H21B2F3N4O3/c23-21(24)10-30(5-6-33-12-21)20(32)16-7-17-14(8-28-16)19(29-31(17)11-22(25,26)27)15-9-34-18-4-2-1-3-13(15)18/h1-4,7-9H,5-6,10-12,23-24H2. The van der Waals surface area contributed by atoms with Crippen molar-refractivity contribution in [3.05, 3.63) is 48.5 Å². The smallest absolute Gasteiger partial charge is 0.408 e. The highest BCUT2D eigenvalue weighted by molar-refractivity contribution is 6.40. The highest BCUT2D eigenvalue weighted by Gasteiger charge is 2.32. The van der Waals surface area contributed by atoms with Gasteiger partial charge in [-0.1, -0.05) is 18.2 Å². The van der Waals surface area contributed by atoms with E-state index in [2.05, 4.69) is 10.1 Å². The Labute approximate surface area is 194 Å². The minimum Gasteiger partial charge on any atom is -0.464 e. The zero-order chi connectivity index (χ0) is 24.1. The van der Waals surface area contributed by atoms with Crippen LogP contribution < -0.4 is 0 Å². The zero-order valence-corrected chi connectivity index (χ0v) is 18.7. The molecule has 0 bridgehead atoms. The van der Waals surface area contributed by atoms with Gasteiger partial charge >= 0.3 is 6.18 Å². The lowest BCUT2D eigenvalue weighted by atomic mass is 9.55. The van der Waals surface area contributed by atoms with E-state index in [0.29, 0.717) is 48.5 Å². The molecule has 1 aliphatic rings. The van der Waals surface area contributed by atoms with E-state index in [1.165, 1.54) is 18.5 Å². The lowest BCUT2D eigenvalue weighted by Gasteiger charge is -2.28. The van der Waals surface area contributed by atoms with E-state index in [1.807, 2.05) is 33.9 Å². The van der Waals surface area contributed by atoms with Gasteiger partial charge in [0.15, 0.2) is 0 Å². The third-order valence-electron chi connectivity index (χ3n) is 5.82. The molecule has 1 saturated heterocycles. The first kappa shape index (κ1) is 22.5. The molecule has 0 unspecified atom stereocenters. The molecule has 174 valence electrons. The van der Waals surface area contributed by atoms with Crippen molar-refractivity contribution < 1.29 is 27.1 Å². The number of aromatic nitrogens is 3. The summed E-state index contributed by atoms with van der Waals surface area (Å²) in [6, 6.07) is 8.61. The number of carbonyl (C=O) groups excluding carboxylic acids is 1. The summed E-state index contributed by atoms with van der Waals surface area (Å²) in [6.45, 7) is 0.460. The average Bonchev–Trinajstić information content (AvgIpc) is 3.29. The monoisotopic (exact) mass is 468 g/mol. The molecule has 0 radical (unpaired) electrons. The maximum Gasteiger partial charge on any atom is 0.408 e. The lowest BCUT2D eigenvalue weighted by Crippen LogP contribution is -2.39. The van der Waals surface area contributed by atoms with Gasteiger partial charge < -0.3 is 14.1 Å². The molecule has 1 aromatic carbocycles. The summed E-state index contributed by atoms with van der Waals surface area (Å²) in [7, 11) is 3.99. The first-order valence-corrected chi connectivity index (χ1v) is 10.9. The number of alkyl halides is 3. The van der Waals surface area contributed by atoms with Crippen LogP contribution in [0.3, 0.4) is 0 Å². The van der Waals surface area contributed by atoms with Gasteiger partial charge in [0.2, 0.25) is 0 Å². The van der Waals surface area contributed by atoms with Gasteiger partial charge in [0, 0.05) is 42.2 Å². The van der Waals surface area contributed by atoms with E-state index in [-0.39, 0.29) is 22.3 Å². The Kier molecular flexibility index (Phi) is 5.43. The fourth-order valence-electron chi connectivity index (χ4n) is 4.34. The summed E-state index contributed by atoms with van der Waals surface area (Å²) >= 11 is 0. The normalized spacial score (nSPS) is 16.7. The predicted molar refractivity (Wildman–Crippen MR) is 125 cm³/mol. The van der Waals surface area contributed by atoms with Gasteiger partial charge in [-0.25, -0.2) is 0 Å². The van der Waals surface area contributed by atoms with Crippen LogP contribution in [0.2, 0.25) is 5.21 Å². The molecule has 34 heavy (non-hydrogen) atoms. The number of halogens is 3. The number of benzene rings is 1. The zero-order valence-electron chi connectivity index (χ0n) is 18.7. The Hall–Kier alpha value is -3.27. The number of hydrogen-bond acceptors (Lipinski definition) is 5. The quantitative estimate of drug-likeness (QED) is 0.432. The Morgan fingerprint density at radius 2 is 2.00 bits per heavy atom. The fourth-order valence-corrected chi connectivity index (χ4v) is 4.34. The van der Waals surface area contributed by atoms with E-state index in [4.69, 9.17) is 9.15 Å². The van der Waals surface area contributed by atoms with Gasteiger partial charge in [-0.2, -0.15) is 18.3 Å². The molecule has 4 aromatic rings. The van der Waals surface area contributed by atoms with Crippen molar-refractivity contribution in [3.8, 4) is 11.3 Å². The molecular weight excluding hydrogens is 447 g/mol. The number of fused-ring (bicyclic) bond motifs is 2. The summed E-state index contributed by atoms with van der Waals surface area (Å²) in [5.74, 6) is -0.351. The number of rotatable bonds is 3. The molecule has 0 N–H and O–H groups in total.